The van der Waals surface area contributed by atoms with Crippen molar-refractivity contribution < 1.29 is 4.79 Å². The van der Waals surface area contributed by atoms with Gasteiger partial charge >= 0.3 is 0 Å². The van der Waals surface area contributed by atoms with Gasteiger partial charge in [0.2, 0.25) is 0 Å². The van der Waals surface area contributed by atoms with Crippen LogP contribution in [-0.2, 0) is 13.0 Å². The molecule has 4 rings (SSSR count). The molecule has 2 aromatic rings. The molecule has 0 radical (unpaired) electrons. The van der Waals surface area contributed by atoms with E-state index in [0.29, 0.717) is 5.92 Å². The first-order chi connectivity index (χ1) is 11.3. The lowest BCUT2D eigenvalue weighted by Gasteiger charge is -2.32. The average molecular weight is 330 g/mol. The molecule has 1 fully saturated rings. The first-order valence-corrected chi connectivity index (χ1v) is 9.45. The summed E-state index contributed by atoms with van der Waals surface area (Å²) in [5, 5.41) is 10.9. The molecule has 0 bridgehead atoms. The van der Waals surface area contributed by atoms with Crippen molar-refractivity contribution in [2.24, 2.45) is 0 Å². The van der Waals surface area contributed by atoms with Crippen LogP contribution < -0.4 is 0 Å². The zero-order chi connectivity index (χ0) is 15.6. The van der Waals surface area contributed by atoms with Gasteiger partial charge in [0.1, 0.15) is 11.6 Å². The van der Waals surface area contributed by atoms with E-state index in [-0.39, 0.29) is 5.91 Å². The van der Waals surface area contributed by atoms with Crippen molar-refractivity contribution in [2.45, 2.75) is 51.0 Å². The lowest BCUT2D eigenvalue weighted by Crippen LogP contribution is -2.39. The van der Waals surface area contributed by atoms with Gasteiger partial charge in [-0.25, -0.2) is 0 Å². The molecule has 2 aliphatic rings. The normalized spacial score (nSPS) is 21.7. The van der Waals surface area contributed by atoms with E-state index in [9.17, 15) is 4.79 Å². The smallest absolute Gasteiger partial charge is 0.263 e. The molecule has 0 N–H and O–H groups in total. The van der Waals surface area contributed by atoms with Crippen LogP contribution in [0.25, 0.3) is 0 Å². The number of likely N-dealkylation sites (tertiary alicyclic amines) is 1. The Hall–Kier alpha value is -1.69. The van der Waals surface area contributed by atoms with E-state index in [4.69, 9.17) is 0 Å². The first-order valence-electron chi connectivity index (χ1n) is 8.57. The molecule has 5 nitrogen and oxygen atoms in total. The SMILES string of the molecule is O=C(c1cccs1)N1CCCC(c2nnc3n2CCCCC3)C1. The fourth-order valence-electron chi connectivity index (χ4n) is 3.74. The van der Waals surface area contributed by atoms with Gasteiger partial charge in [-0.15, -0.1) is 21.5 Å². The fourth-order valence-corrected chi connectivity index (χ4v) is 4.43. The third-order valence-corrected chi connectivity index (χ3v) is 5.80. The molecule has 23 heavy (non-hydrogen) atoms. The number of rotatable bonds is 2. The number of aromatic nitrogens is 3. The lowest BCUT2D eigenvalue weighted by atomic mass is 9.97. The summed E-state index contributed by atoms with van der Waals surface area (Å²) in [5.74, 6) is 2.73. The average Bonchev–Trinajstić information content (AvgIpc) is 3.20. The maximum atomic E-state index is 12.6. The van der Waals surface area contributed by atoms with E-state index in [1.54, 1.807) is 0 Å². The number of thiophene rings is 1. The van der Waals surface area contributed by atoms with Gasteiger partial charge in [-0.05, 0) is 37.1 Å². The Morgan fingerprint density at radius 2 is 2.13 bits per heavy atom. The Labute approximate surface area is 140 Å². The van der Waals surface area contributed by atoms with E-state index in [0.717, 1.165) is 55.4 Å². The maximum absolute atomic E-state index is 12.6. The third-order valence-electron chi connectivity index (χ3n) is 4.94. The summed E-state index contributed by atoms with van der Waals surface area (Å²) in [6, 6.07) is 3.86. The summed E-state index contributed by atoms with van der Waals surface area (Å²) in [5.41, 5.74) is 0. The van der Waals surface area contributed by atoms with Crippen molar-refractivity contribution >= 4 is 17.2 Å². The minimum Gasteiger partial charge on any atom is -0.337 e. The van der Waals surface area contributed by atoms with Crippen LogP contribution in [0.15, 0.2) is 17.5 Å². The highest BCUT2D eigenvalue weighted by molar-refractivity contribution is 7.12. The molecular weight excluding hydrogens is 308 g/mol. The predicted octanol–water partition coefficient (Wildman–Crippen LogP) is 3.09. The van der Waals surface area contributed by atoms with E-state index >= 15 is 0 Å². The summed E-state index contributed by atoms with van der Waals surface area (Å²) >= 11 is 1.52. The van der Waals surface area contributed by atoms with Crippen LogP contribution >= 0.6 is 11.3 Å². The quantitative estimate of drug-likeness (QED) is 0.850. The number of fused-ring (bicyclic) bond motifs is 1. The topological polar surface area (TPSA) is 51.0 Å². The summed E-state index contributed by atoms with van der Waals surface area (Å²) < 4.78 is 2.33. The molecule has 0 spiro atoms. The third kappa shape index (κ3) is 2.92. The van der Waals surface area contributed by atoms with E-state index < -0.39 is 0 Å². The van der Waals surface area contributed by atoms with Crippen LogP contribution in [0.1, 0.15) is 59.3 Å². The number of hydrogen-bond donors (Lipinski definition) is 0. The molecule has 6 heteroatoms. The minimum absolute atomic E-state index is 0.167. The number of aryl methyl sites for hydroxylation is 1. The van der Waals surface area contributed by atoms with Crippen LogP contribution in [0.3, 0.4) is 0 Å². The number of nitrogens with zero attached hydrogens (tertiary/aromatic N) is 4. The number of carbonyl (C=O) groups is 1. The Morgan fingerprint density at radius 3 is 3.00 bits per heavy atom. The zero-order valence-corrected chi connectivity index (χ0v) is 14.1. The number of hydrogen-bond acceptors (Lipinski definition) is 4. The van der Waals surface area contributed by atoms with Gasteiger partial charge in [-0.3, -0.25) is 4.79 Å². The molecule has 1 atom stereocenters. The van der Waals surface area contributed by atoms with Gasteiger partial charge in [0, 0.05) is 32.0 Å². The monoisotopic (exact) mass is 330 g/mol. The fraction of sp³-hybridized carbons (Fsp3) is 0.588. The molecule has 2 aliphatic heterocycles. The summed E-state index contributed by atoms with van der Waals surface area (Å²) in [6.07, 6.45) is 6.89. The van der Waals surface area contributed by atoms with Gasteiger partial charge in [0.25, 0.3) is 5.91 Å². The van der Waals surface area contributed by atoms with Crippen molar-refractivity contribution in [3.63, 3.8) is 0 Å². The van der Waals surface area contributed by atoms with Gasteiger partial charge in [0.15, 0.2) is 0 Å². The highest BCUT2D eigenvalue weighted by Gasteiger charge is 2.30. The van der Waals surface area contributed by atoms with Gasteiger partial charge in [0.05, 0.1) is 4.88 Å². The second kappa shape index (κ2) is 6.43. The van der Waals surface area contributed by atoms with E-state index in [1.165, 1.54) is 30.6 Å². The van der Waals surface area contributed by atoms with Crippen LogP contribution in [0.5, 0.6) is 0 Å². The zero-order valence-electron chi connectivity index (χ0n) is 13.3. The largest absolute Gasteiger partial charge is 0.337 e. The summed E-state index contributed by atoms with van der Waals surface area (Å²) in [7, 11) is 0. The van der Waals surface area contributed by atoms with Crippen LogP contribution in [0.2, 0.25) is 0 Å². The van der Waals surface area contributed by atoms with Gasteiger partial charge in [-0.2, -0.15) is 0 Å². The Morgan fingerprint density at radius 1 is 1.17 bits per heavy atom. The highest BCUT2D eigenvalue weighted by atomic mass is 32.1. The second-order valence-electron chi connectivity index (χ2n) is 6.50. The molecular formula is C17H22N4OS. The minimum atomic E-state index is 0.167. The van der Waals surface area contributed by atoms with Crippen LogP contribution in [-0.4, -0.2) is 38.7 Å². The molecule has 0 aliphatic carbocycles. The molecule has 1 unspecified atom stereocenters. The number of amides is 1. The molecule has 4 heterocycles. The Kier molecular flexibility index (Phi) is 4.16. The van der Waals surface area contributed by atoms with Crippen LogP contribution in [0, 0.1) is 0 Å². The van der Waals surface area contributed by atoms with E-state index in [1.807, 2.05) is 22.4 Å². The van der Waals surface area contributed by atoms with Crippen molar-refractivity contribution in [3.8, 4) is 0 Å². The molecule has 122 valence electrons. The number of piperidine rings is 1. The molecule has 2 aromatic heterocycles. The Balaban J connectivity index is 1.54. The molecule has 1 saturated heterocycles. The molecule has 0 saturated carbocycles. The number of carbonyl (C=O) groups excluding carboxylic acids is 1. The van der Waals surface area contributed by atoms with Crippen molar-refractivity contribution in [1.29, 1.82) is 0 Å². The predicted molar refractivity (Wildman–Crippen MR) is 89.8 cm³/mol. The summed E-state index contributed by atoms with van der Waals surface area (Å²) in [6.45, 7) is 2.66. The van der Waals surface area contributed by atoms with Crippen LogP contribution in [0.4, 0.5) is 0 Å². The van der Waals surface area contributed by atoms with Crippen molar-refractivity contribution in [1.82, 2.24) is 19.7 Å². The molecule has 0 aromatic carbocycles. The van der Waals surface area contributed by atoms with Gasteiger partial charge in [-0.1, -0.05) is 12.5 Å². The second-order valence-corrected chi connectivity index (χ2v) is 7.45. The standard InChI is InChI=1S/C17H22N4OS/c22-17(14-7-5-11-23-14)20-9-4-6-13(12-20)16-19-18-15-8-2-1-3-10-21(15)16/h5,7,11,13H,1-4,6,8-10,12H2. The van der Waals surface area contributed by atoms with Crippen molar-refractivity contribution in [3.05, 3.63) is 34.0 Å². The molecule has 1 amide bonds. The maximum Gasteiger partial charge on any atom is 0.263 e. The highest BCUT2D eigenvalue weighted by Crippen LogP contribution is 2.29. The van der Waals surface area contributed by atoms with E-state index in [2.05, 4.69) is 14.8 Å². The Bertz CT molecular complexity index is 679. The van der Waals surface area contributed by atoms with Gasteiger partial charge < -0.3 is 9.47 Å². The van der Waals surface area contributed by atoms with Crippen molar-refractivity contribution in [2.75, 3.05) is 13.1 Å². The first kappa shape index (κ1) is 14.9. The summed E-state index contributed by atoms with van der Waals surface area (Å²) in [4.78, 5) is 15.5. The lowest BCUT2D eigenvalue weighted by molar-refractivity contribution is 0.0708.